The summed E-state index contributed by atoms with van der Waals surface area (Å²) >= 11 is 0. The fraction of sp³-hybridized carbons (Fsp3) is 0.333. The van der Waals surface area contributed by atoms with Crippen molar-refractivity contribution in [2.45, 2.75) is 46.1 Å². The highest BCUT2D eigenvalue weighted by Crippen LogP contribution is 2.26. The number of aryl methyl sites for hydroxylation is 1. The Bertz CT molecular complexity index is 882. The number of hydrogen-bond acceptors (Lipinski definition) is 2. The van der Waals surface area contributed by atoms with Crippen molar-refractivity contribution in [1.82, 2.24) is 9.55 Å². The summed E-state index contributed by atoms with van der Waals surface area (Å²) in [5.74, 6) is 1.33. The van der Waals surface area contributed by atoms with E-state index in [9.17, 15) is 4.79 Å². The molecule has 1 atom stereocenters. The van der Waals surface area contributed by atoms with Crippen LogP contribution in [0.4, 0.5) is 5.69 Å². The molecular formula is C21H25N3O. The zero-order valence-corrected chi connectivity index (χ0v) is 15.1. The molecule has 1 aromatic heterocycles. The number of imidazole rings is 1. The van der Waals surface area contributed by atoms with Crippen LogP contribution in [0.25, 0.3) is 11.0 Å². The summed E-state index contributed by atoms with van der Waals surface area (Å²) in [5.41, 5.74) is 4.03. The van der Waals surface area contributed by atoms with Crippen molar-refractivity contribution >= 4 is 22.6 Å². The Morgan fingerprint density at radius 3 is 2.60 bits per heavy atom. The summed E-state index contributed by atoms with van der Waals surface area (Å²) in [6.45, 7) is 6.68. The second kappa shape index (κ2) is 7.51. The van der Waals surface area contributed by atoms with Gasteiger partial charge in [0.1, 0.15) is 12.4 Å². The van der Waals surface area contributed by atoms with Crippen LogP contribution in [0.15, 0.2) is 48.5 Å². The molecule has 1 unspecified atom stereocenters. The number of amides is 1. The Kier molecular flexibility index (Phi) is 5.17. The maximum Gasteiger partial charge on any atom is 0.244 e. The van der Waals surface area contributed by atoms with E-state index in [1.165, 1.54) is 5.56 Å². The molecule has 0 spiro atoms. The molecule has 0 saturated carbocycles. The minimum Gasteiger partial charge on any atom is -0.324 e. The first-order valence-corrected chi connectivity index (χ1v) is 8.97. The molecule has 4 nitrogen and oxygen atoms in total. The number of nitrogens with one attached hydrogen (secondary N) is 1. The molecule has 3 rings (SSSR count). The first-order valence-electron chi connectivity index (χ1n) is 8.97. The predicted octanol–water partition coefficient (Wildman–Crippen LogP) is 4.75. The molecule has 0 aliphatic carbocycles. The Labute approximate surface area is 148 Å². The van der Waals surface area contributed by atoms with Crippen molar-refractivity contribution in [3.63, 3.8) is 0 Å². The van der Waals surface area contributed by atoms with Gasteiger partial charge in [-0.3, -0.25) is 4.79 Å². The molecule has 2 aromatic carbocycles. The van der Waals surface area contributed by atoms with Crippen LogP contribution >= 0.6 is 0 Å². The van der Waals surface area contributed by atoms with Gasteiger partial charge in [0, 0.05) is 12.1 Å². The molecule has 1 N–H and O–H groups in total. The topological polar surface area (TPSA) is 46.9 Å². The minimum atomic E-state index is -0.0198. The van der Waals surface area contributed by atoms with Gasteiger partial charge in [-0.2, -0.15) is 0 Å². The number of hydrogen-bond donors (Lipinski definition) is 1. The van der Waals surface area contributed by atoms with E-state index in [0.29, 0.717) is 5.92 Å². The van der Waals surface area contributed by atoms with Crippen molar-refractivity contribution in [2.24, 2.45) is 0 Å². The lowest BCUT2D eigenvalue weighted by molar-refractivity contribution is -0.116. The fourth-order valence-corrected chi connectivity index (χ4v) is 3.17. The van der Waals surface area contributed by atoms with Crippen LogP contribution in [-0.4, -0.2) is 15.5 Å². The minimum absolute atomic E-state index is 0.0198. The summed E-state index contributed by atoms with van der Waals surface area (Å²) in [6, 6.07) is 16.0. The summed E-state index contributed by atoms with van der Waals surface area (Å²) in [4.78, 5) is 17.3. The lowest BCUT2D eigenvalue weighted by Gasteiger charge is -2.16. The van der Waals surface area contributed by atoms with E-state index in [0.717, 1.165) is 35.4 Å². The second-order valence-corrected chi connectivity index (χ2v) is 6.40. The van der Waals surface area contributed by atoms with E-state index in [1.807, 2.05) is 47.0 Å². The summed E-state index contributed by atoms with van der Waals surface area (Å²) in [7, 11) is 0. The van der Waals surface area contributed by atoms with E-state index >= 15 is 0 Å². The van der Waals surface area contributed by atoms with E-state index in [1.54, 1.807) is 0 Å². The molecule has 0 aliphatic heterocycles. The molecule has 130 valence electrons. The molecular weight excluding hydrogens is 310 g/mol. The third-order valence-electron chi connectivity index (χ3n) is 4.73. The SMILES string of the molecule is CCc1nc2ccccc2n1CC(=O)Nc1ccccc1C(C)CC. The number of para-hydroxylation sites is 3. The van der Waals surface area contributed by atoms with Crippen LogP contribution in [0.2, 0.25) is 0 Å². The van der Waals surface area contributed by atoms with Gasteiger partial charge in [-0.05, 0) is 36.1 Å². The number of fused-ring (bicyclic) bond motifs is 1. The van der Waals surface area contributed by atoms with E-state index < -0.39 is 0 Å². The molecule has 1 heterocycles. The highest BCUT2D eigenvalue weighted by Gasteiger charge is 2.14. The highest BCUT2D eigenvalue weighted by atomic mass is 16.1. The Balaban J connectivity index is 1.85. The molecule has 4 heteroatoms. The van der Waals surface area contributed by atoms with E-state index in [2.05, 4.69) is 37.1 Å². The van der Waals surface area contributed by atoms with Crippen LogP contribution in [0.3, 0.4) is 0 Å². The van der Waals surface area contributed by atoms with E-state index in [4.69, 9.17) is 0 Å². The molecule has 0 fully saturated rings. The number of rotatable bonds is 6. The smallest absolute Gasteiger partial charge is 0.244 e. The van der Waals surface area contributed by atoms with Crippen molar-refractivity contribution in [3.05, 3.63) is 59.9 Å². The maximum absolute atomic E-state index is 12.7. The Hall–Kier alpha value is -2.62. The zero-order valence-electron chi connectivity index (χ0n) is 15.1. The average molecular weight is 335 g/mol. The maximum atomic E-state index is 12.7. The largest absolute Gasteiger partial charge is 0.324 e. The molecule has 0 aliphatic rings. The third-order valence-corrected chi connectivity index (χ3v) is 4.73. The van der Waals surface area contributed by atoms with Crippen molar-refractivity contribution in [2.75, 3.05) is 5.32 Å². The zero-order chi connectivity index (χ0) is 17.8. The van der Waals surface area contributed by atoms with Crippen LogP contribution in [0.1, 0.15) is 44.5 Å². The molecule has 0 radical (unpaired) electrons. The number of carbonyl (C=O) groups is 1. The number of nitrogens with zero attached hydrogens (tertiary/aromatic N) is 2. The van der Waals surface area contributed by atoms with Crippen LogP contribution in [0, 0.1) is 0 Å². The third kappa shape index (κ3) is 3.58. The average Bonchev–Trinajstić information content (AvgIpc) is 2.99. The fourth-order valence-electron chi connectivity index (χ4n) is 3.17. The van der Waals surface area contributed by atoms with Crippen LogP contribution < -0.4 is 5.32 Å². The van der Waals surface area contributed by atoms with Crippen molar-refractivity contribution in [1.29, 1.82) is 0 Å². The number of anilines is 1. The van der Waals surface area contributed by atoms with Gasteiger partial charge in [-0.25, -0.2) is 4.98 Å². The Morgan fingerprint density at radius 1 is 1.12 bits per heavy atom. The molecule has 25 heavy (non-hydrogen) atoms. The van der Waals surface area contributed by atoms with Crippen molar-refractivity contribution < 1.29 is 4.79 Å². The monoisotopic (exact) mass is 335 g/mol. The van der Waals surface area contributed by atoms with Gasteiger partial charge >= 0.3 is 0 Å². The lowest BCUT2D eigenvalue weighted by Crippen LogP contribution is -2.21. The second-order valence-electron chi connectivity index (χ2n) is 6.40. The summed E-state index contributed by atoms with van der Waals surface area (Å²) < 4.78 is 2.01. The van der Waals surface area contributed by atoms with Gasteiger partial charge in [-0.15, -0.1) is 0 Å². The molecule has 0 bridgehead atoms. The standard InChI is InChI=1S/C21H25N3O/c1-4-15(3)16-10-6-7-11-17(16)23-21(25)14-24-19-13-9-8-12-18(19)22-20(24)5-2/h6-13,15H,4-5,14H2,1-3H3,(H,23,25). The van der Waals surface area contributed by atoms with Gasteiger partial charge < -0.3 is 9.88 Å². The van der Waals surface area contributed by atoms with Gasteiger partial charge in [-0.1, -0.05) is 51.1 Å². The number of carbonyl (C=O) groups excluding carboxylic acids is 1. The first-order chi connectivity index (χ1) is 12.1. The van der Waals surface area contributed by atoms with Gasteiger partial charge in [0.25, 0.3) is 0 Å². The lowest BCUT2D eigenvalue weighted by atomic mass is 9.97. The summed E-state index contributed by atoms with van der Waals surface area (Å²) in [6.07, 6.45) is 1.84. The van der Waals surface area contributed by atoms with Crippen LogP contribution in [-0.2, 0) is 17.8 Å². The van der Waals surface area contributed by atoms with Gasteiger partial charge in [0.05, 0.1) is 11.0 Å². The number of benzene rings is 2. The van der Waals surface area contributed by atoms with Crippen LogP contribution in [0.5, 0.6) is 0 Å². The predicted molar refractivity (Wildman–Crippen MR) is 103 cm³/mol. The van der Waals surface area contributed by atoms with E-state index in [-0.39, 0.29) is 12.5 Å². The Morgan fingerprint density at radius 2 is 1.84 bits per heavy atom. The molecule has 0 saturated heterocycles. The van der Waals surface area contributed by atoms with Gasteiger partial charge in [0.2, 0.25) is 5.91 Å². The first kappa shape index (κ1) is 17.2. The molecule has 1 amide bonds. The highest BCUT2D eigenvalue weighted by molar-refractivity contribution is 5.92. The molecule has 3 aromatic rings. The van der Waals surface area contributed by atoms with Crippen molar-refractivity contribution in [3.8, 4) is 0 Å². The summed E-state index contributed by atoms with van der Waals surface area (Å²) in [5, 5.41) is 3.09. The normalized spacial score (nSPS) is 12.3. The van der Waals surface area contributed by atoms with Gasteiger partial charge in [0.15, 0.2) is 0 Å². The number of aromatic nitrogens is 2. The quantitative estimate of drug-likeness (QED) is 0.706.